The molecule has 5 aliphatic carbocycles. The number of hydrogen-bond donors (Lipinski definition) is 0. The molecule has 0 unspecified atom stereocenters. The fraction of sp³-hybridized carbons (Fsp3) is 0.207. The van der Waals surface area contributed by atoms with Crippen molar-refractivity contribution < 1.29 is 13.7 Å². The van der Waals surface area contributed by atoms with Gasteiger partial charge < -0.3 is 4.90 Å². The molecular weight excluding hydrogens is 711 g/mol. The van der Waals surface area contributed by atoms with Crippen molar-refractivity contribution >= 4 is 27.8 Å². The number of hydrogen-bond acceptors (Lipinski definition) is 1. The molecule has 5 aliphatic rings. The van der Waals surface area contributed by atoms with Gasteiger partial charge in [0.1, 0.15) is 0 Å². The Hall–Kier alpha value is -6.18. The Kier molecular flexibility index (Phi) is 5.93. The number of rotatable bonds is 6. The van der Waals surface area contributed by atoms with Gasteiger partial charge in [-0.2, -0.15) is 0 Å². The van der Waals surface area contributed by atoms with Crippen LogP contribution < -0.4 is 4.90 Å². The van der Waals surface area contributed by atoms with Gasteiger partial charge in [-0.15, -0.1) is 0 Å². The minimum Gasteiger partial charge on any atom is -0.310 e. The first-order valence-electron chi connectivity index (χ1n) is 26.1. The molecule has 4 saturated carbocycles. The molecule has 59 heavy (non-hydrogen) atoms. The van der Waals surface area contributed by atoms with Crippen molar-refractivity contribution in [2.45, 2.75) is 51.4 Å². The standard InChI is InChI=1S/C58H49N/c1-37-18-25-52-53(28-37)56(59(48-16-10-5-11-17-48)49-23-19-43(20-24-49)41-12-6-3-7-13-41)29-38(2)57(52)45-22-27-51-50-26-21-44(42-14-8-4-9-15-42)35-54(50)58(55(51)36-45)46-31-39-30-40(33-46)34-47(58)32-39/h3-29,35-36,39-40,46-47H,30-34H2,1-2H3/i4D,5D,8D,9D,10D,11D,14D,15D,16D,17D. The summed E-state index contributed by atoms with van der Waals surface area (Å²) in [5, 5.41) is 1.86. The SMILES string of the molecule is [2H]c1c([2H])c([2H])c(-c2ccc3c(c2)C2(c4cc(-c5c(C)cc(N(c6ccc(-c7ccccc7)cc6)c6c([2H])c([2H])c([2H])c([2H])c6[2H])c6cc(C)ccc56)ccc4-3)C3CC4CC(C3)CC2C4)c([2H])c1[2H]. The Balaban J connectivity index is 1.07. The number of fused-ring (bicyclic) bond motifs is 4. The molecule has 0 atom stereocenters. The van der Waals surface area contributed by atoms with Crippen LogP contribution >= 0.6 is 0 Å². The van der Waals surface area contributed by atoms with E-state index in [1.54, 1.807) is 0 Å². The summed E-state index contributed by atoms with van der Waals surface area (Å²) in [4.78, 5) is 1.84. The van der Waals surface area contributed by atoms with Gasteiger partial charge in [0.2, 0.25) is 0 Å². The molecule has 1 nitrogen and oxygen atoms in total. The number of anilines is 3. The Morgan fingerprint density at radius 3 is 1.76 bits per heavy atom. The van der Waals surface area contributed by atoms with E-state index in [4.69, 9.17) is 11.0 Å². The minimum absolute atomic E-state index is 0.0746. The van der Waals surface area contributed by atoms with Gasteiger partial charge in [0.15, 0.2) is 0 Å². The molecule has 8 aromatic carbocycles. The van der Waals surface area contributed by atoms with E-state index in [1.807, 2.05) is 72.5 Å². The van der Waals surface area contributed by atoms with Crippen LogP contribution in [-0.2, 0) is 5.41 Å². The lowest BCUT2D eigenvalue weighted by Gasteiger charge is -2.61. The first-order chi connectivity index (χ1) is 33.2. The zero-order chi connectivity index (χ0) is 47.9. The smallest absolute Gasteiger partial charge is 0.0645 e. The molecule has 0 saturated heterocycles. The Morgan fingerprint density at radius 1 is 0.492 bits per heavy atom. The molecule has 1 spiro atoms. The zero-order valence-corrected chi connectivity index (χ0v) is 33.3. The minimum atomic E-state index is -0.443. The van der Waals surface area contributed by atoms with Crippen LogP contribution in [0.25, 0.3) is 55.3 Å². The fourth-order valence-corrected chi connectivity index (χ4v) is 12.3. The summed E-state index contributed by atoms with van der Waals surface area (Å²) in [6.45, 7) is 4.15. The lowest BCUT2D eigenvalue weighted by atomic mass is 9.43. The van der Waals surface area contributed by atoms with E-state index >= 15 is 0 Å². The average molecular weight is 770 g/mol. The van der Waals surface area contributed by atoms with Crippen LogP contribution in [0.5, 0.6) is 0 Å². The van der Waals surface area contributed by atoms with Gasteiger partial charge in [-0.1, -0.05) is 133 Å². The highest BCUT2D eigenvalue weighted by Gasteiger charge is 2.61. The molecule has 1 heteroatoms. The Bertz CT molecular complexity index is 3410. The Labute approximate surface area is 363 Å². The van der Waals surface area contributed by atoms with Gasteiger partial charge >= 0.3 is 0 Å². The van der Waals surface area contributed by atoms with Crippen LogP contribution in [-0.4, -0.2) is 0 Å². The normalized spacial score (nSPS) is 24.5. The molecule has 0 aromatic heterocycles. The molecule has 0 radical (unpaired) electrons. The number of benzene rings is 8. The third kappa shape index (κ3) is 5.37. The molecule has 0 N–H and O–H groups in total. The highest BCUT2D eigenvalue weighted by molar-refractivity contribution is 6.08. The van der Waals surface area contributed by atoms with E-state index in [-0.39, 0.29) is 52.9 Å². The van der Waals surface area contributed by atoms with Crippen LogP contribution in [0.4, 0.5) is 17.1 Å². The molecular formula is C58H49N. The molecule has 0 amide bonds. The van der Waals surface area contributed by atoms with E-state index in [2.05, 4.69) is 61.5 Å². The van der Waals surface area contributed by atoms with Gasteiger partial charge in [-0.05, 0) is 185 Å². The number of nitrogens with zero attached hydrogens (tertiary/aromatic N) is 1. The van der Waals surface area contributed by atoms with Crippen LogP contribution in [0.3, 0.4) is 0 Å². The van der Waals surface area contributed by atoms with E-state index in [9.17, 15) is 2.74 Å². The largest absolute Gasteiger partial charge is 0.310 e. The monoisotopic (exact) mass is 769 g/mol. The summed E-state index contributed by atoms with van der Waals surface area (Å²) in [5.74, 6) is 2.20. The predicted molar refractivity (Wildman–Crippen MR) is 248 cm³/mol. The predicted octanol–water partition coefficient (Wildman–Crippen LogP) is 15.7. The second-order valence-electron chi connectivity index (χ2n) is 17.6. The zero-order valence-electron chi connectivity index (χ0n) is 43.3. The van der Waals surface area contributed by atoms with Crippen molar-refractivity contribution in [3.8, 4) is 44.5 Å². The summed E-state index contributed by atoms with van der Waals surface area (Å²) < 4.78 is 87.7. The van der Waals surface area contributed by atoms with Gasteiger partial charge in [-0.3, -0.25) is 0 Å². The summed E-state index contributed by atoms with van der Waals surface area (Å²) >= 11 is 0. The maximum Gasteiger partial charge on any atom is 0.0645 e. The van der Waals surface area contributed by atoms with E-state index < -0.39 is 24.2 Å². The summed E-state index contributed by atoms with van der Waals surface area (Å²) in [5.41, 5.74) is 13.0. The van der Waals surface area contributed by atoms with Gasteiger partial charge in [0, 0.05) is 22.2 Å². The van der Waals surface area contributed by atoms with Crippen molar-refractivity contribution in [2.75, 3.05) is 4.90 Å². The average Bonchev–Trinajstić information content (AvgIpc) is 3.63. The highest BCUT2D eigenvalue weighted by Crippen LogP contribution is 2.70. The third-order valence-electron chi connectivity index (χ3n) is 14.4. The lowest BCUT2D eigenvalue weighted by Crippen LogP contribution is -2.55. The van der Waals surface area contributed by atoms with Crippen molar-refractivity contribution in [3.05, 3.63) is 198 Å². The quantitative estimate of drug-likeness (QED) is 0.163. The first-order valence-corrected chi connectivity index (χ1v) is 21.1. The van der Waals surface area contributed by atoms with Crippen molar-refractivity contribution in [1.82, 2.24) is 0 Å². The fourth-order valence-electron chi connectivity index (χ4n) is 12.3. The summed E-state index contributed by atoms with van der Waals surface area (Å²) in [7, 11) is 0. The van der Waals surface area contributed by atoms with Crippen LogP contribution in [0.1, 0.15) is 68.1 Å². The molecule has 0 heterocycles. The van der Waals surface area contributed by atoms with Crippen LogP contribution in [0, 0.1) is 37.5 Å². The van der Waals surface area contributed by atoms with Crippen molar-refractivity contribution in [3.63, 3.8) is 0 Å². The van der Waals surface area contributed by atoms with Gasteiger partial charge in [-0.25, -0.2) is 0 Å². The van der Waals surface area contributed by atoms with Crippen molar-refractivity contribution in [2.24, 2.45) is 23.7 Å². The topological polar surface area (TPSA) is 3.24 Å². The Morgan fingerprint density at radius 2 is 1.08 bits per heavy atom. The van der Waals surface area contributed by atoms with E-state index in [0.29, 0.717) is 40.6 Å². The highest BCUT2D eigenvalue weighted by atomic mass is 15.1. The molecule has 8 aromatic rings. The second-order valence-corrected chi connectivity index (χ2v) is 17.6. The summed E-state index contributed by atoms with van der Waals surface area (Å²) in [6.07, 6.45) is 5.86. The first kappa shape index (κ1) is 26.0. The van der Waals surface area contributed by atoms with E-state index in [1.165, 1.54) is 23.1 Å². The molecule has 13 rings (SSSR count). The van der Waals surface area contributed by atoms with Crippen LogP contribution in [0.2, 0.25) is 0 Å². The van der Waals surface area contributed by atoms with Gasteiger partial charge in [0.05, 0.1) is 19.4 Å². The summed E-state index contributed by atoms with van der Waals surface area (Å²) in [6, 6.07) is 36.4. The van der Waals surface area contributed by atoms with Crippen molar-refractivity contribution in [1.29, 1.82) is 0 Å². The molecule has 4 fully saturated rings. The number of para-hydroxylation sites is 1. The molecule has 4 bridgehead atoms. The second kappa shape index (κ2) is 13.4. The maximum absolute atomic E-state index is 9.26. The van der Waals surface area contributed by atoms with E-state index in [0.717, 1.165) is 75.4 Å². The third-order valence-corrected chi connectivity index (χ3v) is 14.4. The lowest BCUT2D eigenvalue weighted by molar-refractivity contribution is -0.0399. The van der Waals surface area contributed by atoms with Gasteiger partial charge in [0.25, 0.3) is 0 Å². The molecule has 286 valence electrons. The maximum atomic E-state index is 9.26. The van der Waals surface area contributed by atoms with Crippen LogP contribution in [0.15, 0.2) is 176 Å². The molecule has 0 aliphatic heterocycles. The number of aryl methyl sites for hydroxylation is 2.